The number of rotatable bonds is 0. The summed E-state index contributed by atoms with van der Waals surface area (Å²) >= 11 is 0. The molecule has 2 aromatic carbocycles. The van der Waals surface area contributed by atoms with Gasteiger partial charge in [-0.3, -0.25) is 0 Å². The summed E-state index contributed by atoms with van der Waals surface area (Å²) in [6.07, 6.45) is 0. The van der Waals surface area contributed by atoms with Crippen molar-refractivity contribution < 1.29 is 14.5 Å². The number of ether oxygens (including phenoxy) is 1. The second kappa shape index (κ2) is 3.80. The Labute approximate surface area is 127 Å². The van der Waals surface area contributed by atoms with Crippen LogP contribution in [-0.2, 0) is 5.41 Å². The smallest absolute Gasteiger partial charge is 0.284 e. The molecule has 110 valence electrons. The summed E-state index contributed by atoms with van der Waals surface area (Å²) in [7, 11) is 0. The first-order valence-corrected chi connectivity index (χ1v) is 7.48. The van der Waals surface area contributed by atoms with Gasteiger partial charge < -0.3 is 10.1 Å². The molecule has 0 amide bonds. The molecule has 5 rings (SSSR count). The van der Waals surface area contributed by atoms with Crippen molar-refractivity contribution in [3.8, 4) is 11.5 Å². The first-order chi connectivity index (χ1) is 10.7. The summed E-state index contributed by atoms with van der Waals surface area (Å²) in [4.78, 5) is 17.6. The Morgan fingerprint density at radius 1 is 1.23 bits per heavy atom. The molecule has 3 heterocycles. The lowest BCUT2D eigenvalue weighted by Gasteiger charge is -2.22. The van der Waals surface area contributed by atoms with Crippen LogP contribution in [0.1, 0.15) is 29.7 Å². The molecule has 0 aliphatic carbocycles. The topological polar surface area (TPSA) is 50.6 Å². The highest BCUT2D eigenvalue weighted by Gasteiger charge is 2.49. The third kappa shape index (κ3) is 1.29. The average molecular weight is 295 g/mol. The van der Waals surface area contributed by atoms with E-state index in [1.54, 1.807) is 0 Å². The minimum absolute atomic E-state index is 0.170. The van der Waals surface area contributed by atoms with Crippen molar-refractivity contribution in [3.63, 3.8) is 0 Å². The number of para-hydroxylation sites is 1. The summed E-state index contributed by atoms with van der Waals surface area (Å²) in [5.41, 5.74) is 4.34. The predicted molar refractivity (Wildman–Crippen MR) is 80.3 cm³/mol. The van der Waals surface area contributed by atoms with Gasteiger partial charge in [0, 0.05) is 30.8 Å². The largest absolute Gasteiger partial charge is 0.492 e. The molecule has 3 aliphatic rings. The van der Waals surface area contributed by atoms with Gasteiger partial charge in [0.05, 0.1) is 15.9 Å². The minimum atomic E-state index is -0.289. The van der Waals surface area contributed by atoms with Gasteiger partial charge in [0.25, 0.3) is 6.04 Å². The fourth-order valence-electron chi connectivity index (χ4n) is 3.81. The van der Waals surface area contributed by atoms with E-state index in [1.807, 2.05) is 19.1 Å². The summed E-state index contributed by atoms with van der Waals surface area (Å²) in [6, 6.07) is 12.0. The van der Waals surface area contributed by atoms with E-state index in [-0.39, 0.29) is 11.5 Å². The lowest BCUT2D eigenvalue weighted by molar-refractivity contribution is -0.777. The highest BCUT2D eigenvalue weighted by molar-refractivity contribution is 5.68. The number of anilines is 1. The molecule has 2 atom stereocenters. The molecule has 22 heavy (non-hydrogen) atoms. The van der Waals surface area contributed by atoms with Crippen LogP contribution in [0.25, 0.3) is 0 Å². The van der Waals surface area contributed by atoms with Crippen LogP contribution in [0, 0.1) is 4.91 Å². The summed E-state index contributed by atoms with van der Waals surface area (Å²) in [6.45, 7) is 3.29. The predicted octanol–water partition coefficient (Wildman–Crippen LogP) is 2.94. The zero-order chi connectivity index (χ0) is 14.9. The van der Waals surface area contributed by atoms with Crippen LogP contribution in [0.3, 0.4) is 0 Å². The van der Waals surface area contributed by atoms with Crippen LogP contribution in [0.4, 0.5) is 5.69 Å². The lowest BCUT2D eigenvalue weighted by atomic mass is 9.77. The number of nitrogens with one attached hydrogen (secondary N) is 1. The second-order valence-electron chi connectivity index (χ2n) is 6.21. The van der Waals surface area contributed by atoms with E-state index in [1.165, 1.54) is 5.56 Å². The molecule has 0 radical (unpaired) electrons. The van der Waals surface area contributed by atoms with Crippen LogP contribution >= 0.6 is 0 Å². The standard InChI is InChI=1S/C17H15N2O3/c1-10-11-6-13-16(7-15(11)22-19(10)20)21-9-17(13)8-18-14-5-3-2-4-12(14)17/h2-7,10,18H,8-9H2,1H3/q+1. The monoisotopic (exact) mass is 295 g/mol. The summed E-state index contributed by atoms with van der Waals surface area (Å²) in [5.74, 6) is 1.43. The van der Waals surface area contributed by atoms with E-state index in [0.29, 0.717) is 17.3 Å². The Balaban J connectivity index is 1.73. The Bertz CT molecular complexity index is 833. The normalized spacial score (nSPS) is 27.0. The number of fused-ring (bicyclic) bond motifs is 5. The van der Waals surface area contributed by atoms with Crippen molar-refractivity contribution in [1.29, 1.82) is 0 Å². The van der Waals surface area contributed by atoms with E-state index in [9.17, 15) is 4.91 Å². The molecule has 0 saturated heterocycles. The third-order valence-corrected chi connectivity index (χ3v) is 5.08. The molecule has 0 bridgehead atoms. The Kier molecular flexibility index (Phi) is 2.08. The Hall–Kier alpha value is -2.56. The molecular weight excluding hydrogens is 280 g/mol. The molecule has 0 saturated carbocycles. The van der Waals surface area contributed by atoms with Gasteiger partial charge in [-0.1, -0.05) is 18.2 Å². The van der Waals surface area contributed by atoms with Crippen molar-refractivity contribution in [3.05, 3.63) is 58.0 Å². The molecule has 1 spiro atoms. The van der Waals surface area contributed by atoms with Gasteiger partial charge in [-0.2, -0.15) is 4.84 Å². The van der Waals surface area contributed by atoms with Crippen molar-refractivity contribution in [2.45, 2.75) is 18.4 Å². The van der Waals surface area contributed by atoms with Crippen LogP contribution in [0.2, 0.25) is 0 Å². The minimum Gasteiger partial charge on any atom is -0.492 e. The zero-order valence-corrected chi connectivity index (χ0v) is 12.1. The molecule has 0 fully saturated rings. The molecule has 0 aromatic heterocycles. The van der Waals surface area contributed by atoms with E-state index >= 15 is 0 Å². The number of benzene rings is 2. The van der Waals surface area contributed by atoms with Crippen LogP contribution in [0.15, 0.2) is 36.4 Å². The number of hydrogen-bond donors (Lipinski definition) is 1. The SMILES string of the molecule is CC1c2cc3c(cc2O[N+]1=O)OCC31CNc2ccccc21. The van der Waals surface area contributed by atoms with E-state index in [0.717, 1.165) is 29.1 Å². The maximum atomic E-state index is 11.7. The molecular formula is C17H15N2O3+. The molecule has 5 nitrogen and oxygen atoms in total. The summed E-state index contributed by atoms with van der Waals surface area (Å²) < 4.78 is 5.95. The highest BCUT2D eigenvalue weighted by Crippen LogP contribution is 2.52. The number of nitrogens with zero attached hydrogens (tertiary/aromatic N) is 1. The molecule has 2 unspecified atom stereocenters. The van der Waals surface area contributed by atoms with Crippen molar-refractivity contribution in [2.24, 2.45) is 0 Å². The van der Waals surface area contributed by atoms with Crippen LogP contribution < -0.4 is 14.9 Å². The van der Waals surface area contributed by atoms with Gasteiger partial charge in [0.2, 0.25) is 10.7 Å². The Morgan fingerprint density at radius 3 is 3.00 bits per heavy atom. The molecule has 5 heteroatoms. The first kappa shape index (κ1) is 12.0. The molecule has 1 N–H and O–H groups in total. The van der Waals surface area contributed by atoms with Crippen LogP contribution in [-0.4, -0.2) is 18.1 Å². The fraction of sp³-hybridized carbons (Fsp3) is 0.294. The van der Waals surface area contributed by atoms with Crippen molar-refractivity contribution in [1.82, 2.24) is 0 Å². The van der Waals surface area contributed by atoms with E-state index in [2.05, 4.69) is 29.6 Å². The van der Waals surface area contributed by atoms with Crippen molar-refractivity contribution in [2.75, 3.05) is 18.5 Å². The van der Waals surface area contributed by atoms with E-state index in [4.69, 9.17) is 9.57 Å². The second-order valence-corrected chi connectivity index (χ2v) is 6.21. The maximum absolute atomic E-state index is 11.7. The van der Waals surface area contributed by atoms with Crippen LogP contribution in [0.5, 0.6) is 11.5 Å². The average Bonchev–Trinajstić information content (AvgIpc) is 3.17. The lowest BCUT2D eigenvalue weighted by Crippen LogP contribution is -2.31. The number of hydrogen-bond acceptors (Lipinski definition) is 4. The fourth-order valence-corrected chi connectivity index (χ4v) is 3.81. The molecule has 3 aliphatic heterocycles. The maximum Gasteiger partial charge on any atom is 0.284 e. The third-order valence-electron chi connectivity index (χ3n) is 5.08. The van der Waals surface area contributed by atoms with Gasteiger partial charge in [0.15, 0.2) is 0 Å². The Morgan fingerprint density at radius 2 is 2.09 bits per heavy atom. The van der Waals surface area contributed by atoms with Gasteiger partial charge in [0.1, 0.15) is 12.4 Å². The van der Waals surface area contributed by atoms with Gasteiger partial charge >= 0.3 is 0 Å². The molecule has 2 aromatic rings. The zero-order valence-electron chi connectivity index (χ0n) is 12.1. The van der Waals surface area contributed by atoms with Gasteiger partial charge in [-0.05, 0) is 17.7 Å². The van der Waals surface area contributed by atoms with Gasteiger partial charge in [-0.25, -0.2) is 0 Å². The summed E-state index contributed by atoms with van der Waals surface area (Å²) in [5, 5.41) is 3.48. The van der Waals surface area contributed by atoms with Crippen molar-refractivity contribution >= 4 is 5.69 Å². The van der Waals surface area contributed by atoms with Gasteiger partial charge in [-0.15, -0.1) is 0 Å². The van der Waals surface area contributed by atoms with E-state index < -0.39 is 0 Å². The highest BCUT2D eigenvalue weighted by atomic mass is 16.8. The first-order valence-electron chi connectivity index (χ1n) is 7.48. The quantitative estimate of drug-likeness (QED) is 0.812.